The number of aliphatic carboxylic acids is 1. The van der Waals surface area contributed by atoms with Crippen LogP contribution in [0.15, 0.2) is 47.1 Å². The fraction of sp³-hybridized carbons (Fsp3) is 0.250. The molecule has 1 atom stereocenters. The van der Waals surface area contributed by atoms with Crippen LogP contribution in [-0.4, -0.2) is 38.8 Å². The van der Waals surface area contributed by atoms with Gasteiger partial charge in [-0.3, -0.25) is 9.59 Å². The maximum absolute atomic E-state index is 12.9. The Morgan fingerprint density at radius 2 is 2.12 bits per heavy atom. The van der Waals surface area contributed by atoms with Crippen molar-refractivity contribution < 1.29 is 24.0 Å². The van der Waals surface area contributed by atoms with Crippen molar-refractivity contribution in [3.05, 3.63) is 59.1 Å². The minimum Gasteiger partial charge on any atom is -0.495 e. The number of carbonyl (C=O) groups excluding carboxylic acids is 1. The smallest absolute Gasteiger partial charge is 0.323 e. The number of fused-ring (bicyclic) bond motifs is 1. The minimum absolute atomic E-state index is 0.0841. The van der Waals surface area contributed by atoms with Gasteiger partial charge in [0, 0.05) is 29.3 Å². The second kappa shape index (κ2) is 8.49. The number of imidazole rings is 1. The Labute approximate surface area is 199 Å². The maximum Gasteiger partial charge on any atom is 0.323 e. The number of halogens is 1. The molecule has 0 spiro atoms. The molecule has 3 heterocycles. The quantitative estimate of drug-likeness (QED) is 0.428. The van der Waals surface area contributed by atoms with Crippen LogP contribution in [0.25, 0.3) is 22.2 Å². The predicted octanol–water partition coefficient (Wildman–Crippen LogP) is 4.61. The van der Waals surface area contributed by atoms with Gasteiger partial charge >= 0.3 is 5.97 Å². The second-order valence-corrected chi connectivity index (χ2v) is 8.53. The Morgan fingerprint density at radius 1 is 1.29 bits per heavy atom. The molecule has 2 aromatic carbocycles. The van der Waals surface area contributed by atoms with Crippen LogP contribution in [0, 0.1) is 6.92 Å². The number of rotatable bonds is 6. The number of aryl methyl sites for hydroxylation is 1. The van der Waals surface area contributed by atoms with Gasteiger partial charge in [0.2, 0.25) is 5.91 Å². The molecule has 1 saturated heterocycles. The number of ether oxygens (including phenoxy) is 1. The molecular weight excluding hydrogens is 460 g/mol. The average Bonchev–Trinajstić information content (AvgIpc) is 3.50. The Kier molecular flexibility index (Phi) is 5.49. The van der Waals surface area contributed by atoms with Gasteiger partial charge in [-0.1, -0.05) is 16.8 Å². The largest absolute Gasteiger partial charge is 0.495 e. The Morgan fingerprint density at radius 3 is 2.85 bits per heavy atom. The van der Waals surface area contributed by atoms with E-state index in [1.54, 1.807) is 33.9 Å². The van der Waals surface area contributed by atoms with Crippen molar-refractivity contribution in [2.24, 2.45) is 0 Å². The molecule has 1 amide bonds. The van der Waals surface area contributed by atoms with Crippen molar-refractivity contribution in [2.75, 3.05) is 12.0 Å². The third-order valence-corrected chi connectivity index (χ3v) is 6.28. The molecular formula is C24H21ClN4O5. The molecule has 1 aliphatic heterocycles. The number of nitrogens with zero attached hydrogens (tertiary/aromatic N) is 4. The maximum atomic E-state index is 12.9. The number of carboxylic acid groups (broad SMARTS) is 1. The van der Waals surface area contributed by atoms with Crippen molar-refractivity contribution in [3.8, 4) is 17.0 Å². The molecule has 0 aliphatic carbocycles. The zero-order valence-corrected chi connectivity index (χ0v) is 19.2. The van der Waals surface area contributed by atoms with E-state index >= 15 is 0 Å². The number of methoxy groups -OCH3 is 1. The molecule has 9 nitrogen and oxygen atoms in total. The number of aromatic nitrogens is 3. The minimum atomic E-state index is -1.00. The molecule has 5 rings (SSSR count). The van der Waals surface area contributed by atoms with Crippen LogP contribution < -0.4 is 9.64 Å². The van der Waals surface area contributed by atoms with Crippen molar-refractivity contribution in [2.45, 2.75) is 32.4 Å². The highest BCUT2D eigenvalue weighted by atomic mass is 35.5. The molecule has 0 bridgehead atoms. The molecule has 2 aromatic heterocycles. The highest BCUT2D eigenvalue weighted by Crippen LogP contribution is 2.40. The summed E-state index contributed by atoms with van der Waals surface area (Å²) in [5, 5.41) is 14.7. The van der Waals surface area contributed by atoms with Gasteiger partial charge in [-0.05, 0) is 49.7 Å². The number of benzene rings is 2. The van der Waals surface area contributed by atoms with Crippen LogP contribution in [-0.2, 0) is 16.1 Å². The topological polar surface area (TPSA) is 111 Å². The normalized spacial score (nSPS) is 15.9. The van der Waals surface area contributed by atoms with Gasteiger partial charge in [-0.25, -0.2) is 4.98 Å². The lowest BCUT2D eigenvalue weighted by Gasteiger charge is -2.25. The third kappa shape index (κ3) is 3.77. The summed E-state index contributed by atoms with van der Waals surface area (Å²) in [5.74, 6) is -0.0851. The van der Waals surface area contributed by atoms with Crippen LogP contribution in [0.2, 0.25) is 5.02 Å². The SMILES string of the molecule is COc1ccc(N2C(=O)CC[C@H]2c2nc(-c3ccc4onc(C)c4c3)cn2CC(=O)O)cc1Cl. The van der Waals surface area contributed by atoms with Crippen molar-refractivity contribution in [1.82, 2.24) is 14.7 Å². The average molecular weight is 481 g/mol. The van der Waals surface area contributed by atoms with Gasteiger partial charge in [0.25, 0.3) is 0 Å². The van der Waals surface area contributed by atoms with E-state index in [2.05, 4.69) is 5.16 Å². The molecule has 1 fully saturated rings. The number of carboxylic acids is 1. The molecule has 174 valence electrons. The van der Waals surface area contributed by atoms with Gasteiger partial charge in [0.1, 0.15) is 18.1 Å². The number of carbonyl (C=O) groups is 2. The molecule has 10 heteroatoms. The first-order chi connectivity index (χ1) is 16.4. The van der Waals surface area contributed by atoms with Crippen molar-refractivity contribution in [1.29, 1.82) is 0 Å². The zero-order chi connectivity index (χ0) is 24.0. The fourth-order valence-electron chi connectivity index (χ4n) is 4.38. The Balaban J connectivity index is 1.59. The summed E-state index contributed by atoms with van der Waals surface area (Å²) in [6, 6.07) is 10.3. The van der Waals surface area contributed by atoms with E-state index in [0.29, 0.717) is 46.4 Å². The molecule has 0 saturated carbocycles. The lowest BCUT2D eigenvalue weighted by Crippen LogP contribution is -2.29. The summed E-state index contributed by atoms with van der Waals surface area (Å²) in [4.78, 5) is 30.9. The second-order valence-electron chi connectivity index (χ2n) is 8.12. The van der Waals surface area contributed by atoms with E-state index in [1.807, 2.05) is 25.1 Å². The molecule has 34 heavy (non-hydrogen) atoms. The van der Waals surface area contributed by atoms with Crippen molar-refractivity contribution in [3.63, 3.8) is 0 Å². The first-order valence-corrected chi connectivity index (χ1v) is 11.0. The van der Waals surface area contributed by atoms with Gasteiger partial charge in [-0.2, -0.15) is 0 Å². The van der Waals surface area contributed by atoms with Crippen LogP contribution in [0.1, 0.15) is 30.4 Å². The number of amides is 1. The van der Waals surface area contributed by atoms with E-state index in [4.69, 9.17) is 25.8 Å². The number of hydrogen-bond acceptors (Lipinski definition) is 6. The van der Waals surface area contributed by atoms with Gasteiger partial charge in [0.05, 0.1) is 29.6 Å². The standard InChI is InChI=1S/C24H21ClN4O5/c1-13-16-9-14(3-6-20(16)34-27-13)18-11-28(12-23(31)32)24(26-18)19-5-8-22(30)29(19)15-4-7-21(33-2)17(25)10-15/h3-4,6-7,9-11,19H,5,8,12H2,1-2H3,(H,31,32)/t19-/m0/s1. The van der Waals surface area contributed by atoms with E-state index < -0.39 is 12.0 Å². The third-order valence-electron chi connectivity index (χ3n) is 5.98. The highest BCUT2D eigenvalue weighted by molar-refractivity contribution is 6.32. The van der Waals surface area contributed by atoms with Crippen molar-refractivity contribution >= 4 is 40.1 Å². The monoisotopic (exact) mass is 480 g/mol. The highest BCUT2D eigenvalue weighted by Gasteiger charge is 2.37. The predicted molar refractivity (Wildman–Crippen MR) is 125 cm³/mol. The Hall–Kier alpha value is -3.85. The fourth-order valence-corrected chi connectivity index (χ4v) is 4.64. The Bertz CT molecular complexity index is 1430. The number of anilines is 1. The van der Waals surface area contributed by atoms with Crippen LogP contribution in [0.4, 0.5) is 5.69 Å². The van der Waals surface area contributed by atoms with E-state index in [9.17, 15) is 14.7 Å². The molecule has 1 aliphatic rings. The molecule has 0 radical (unpaired) electrons. The van der Waals surface area contributed by atoms with E-state index in [1.165, 1.54) is 7.11 Å². The van der Waals surface area contributed by atoms with Gasteiger partial charge in [-0.15, -0.1) is 0 Å². The summed E-state index contributed by atoms with van der Waals surface area (Å²) >= 11 is 6.31. The molecule has 1 N–H and O–H groups in total. The molecule has 4 aromatic rings. The first-order valence-electron chi connectivity index (χ1n) is 10.7. The number of hydrogen-bond donors (Lipinski definition) is 1. The summed E-state index contributed by atoms with van der Waals surface area (Å²) < 4.78 is 12.1. The summed E-state index contributed by atoms with van der Waals surface area (Å²) in [6.07, 6.45) is 2.52. The van der Waals surface area contributed by atoms with Crippen LogP contribution in [0.3, 0.4) is 0 Å². The van der Waals surface area contributed by atoms with Crippen LogP contribution in [0.5, 0.6) is 5.75 Å². The summed E-state index contributed by atoms with van der Waals surface area (Å²) in [7, 11) is 1.52. The van der Waals surface area contributed by atoms with Gasteiger partial charge in [0.15, 0.2) is 5.58 Å². The van der Waals surface area contributed by atoms with Crippen LogP contribution >= 0.6 is 11.6 Å². The summed E-state index contributed by atoms with van der Waals surface area (Å²) in [6.45, 7) is 1.57. The van der Waals surface area contributed by atoms with E-state index in [0.717, 1.165) is 16.6 Å². The zero-order valence-electron chi connectivity index (χ0n) is 18.5. The lowest BCUT2D eigenvalue weighted by atomic mass is 10.1. The first kappa shape index (κ1) is 22.0. The van der Waals surface area contributed by atoms with E-state index in [-0.39, 0.29) is 12.5 Å². The van der Waals surface area contributed by atoms with Gasteiger partial charge < -0.3 is 23.8 Å². The summed E-state index contributed by atoms with van der Waals surface area (Å²) in [5.41, 5.74) is 3.42. The lowest BCUT2D eigenvalue weighted by molar-refractivity contribution is -0.137. The molecule has 0 unspecified atom stereocenters.